The van der Waals surface area contributed by atoms with Crippen molar-refractivity contribution in [3.63, 3.8) is 0 Å². The summed E-state index contributed by atoms with van der Waals surface area (Å²) in [6.45, 7) is 3.35. The summed E-state index contributed by atoms with van der Waals surface area (Å²) in [5, 5.41) is 2.90. The number of para-hydroxylation sites is 1. The molecule has 2 aromatic rings. The Morgan fingerprint density at radius 2 is 1.96 bits per heavy atom. The molecule has 2 heterocycles. The Morgan fingerprint density at radius 1 is 1.15 bits per heavy atom. The zero-order valence-electron chi connectivity index (χ0n) is 15.3. The highest BCUT2D eigenvalue weighted by molar-refractivity contribution is 5.99. The van der Waals surface area contributed by atoms with Gasteiger partial charge >= 0.3 is 0 Å². The monoisotopic (exact) mass is 350 g/mol. The van der Waals surface area contributed by atoms with Crippen molar-refractivity contribution in [2.75, 3.05) is 32.1 Å². The van der Waals surface area contributed by atoms with E-state index in [1.54, 1.807) is 7.11 Å². The number of hydrogen-bond acceptors (Lipinski definition) is 3. The number of fused-ring (bicyclic) bond motifs is 1. The molecule has 0 bridgehead atoms. The highest BCUT2D eigenvalue weighted by atomic mass is 16.5. The minimum absolute atomic E-state index is 0.107. The number of rotatable bonds is 5. The van der Waals surface area contributed by atoms with E-state index in [-0.39, 0.29) is 5.91 Å². The molecule has 0 radical (unpaired) electrons. The molecule has 0 unspecified atom stereocenters. The molecule has 136 valence electrons. The van der Waals surface area contributed by atoms with Crippen LogP contribution < -0.4 is 10.1 Å². The first-order valence-electron chi connectivity index (χ1n) is 9.50. The van der Waals surface area contributed by atoms with Crippen LogP contribution in [0, 0.1) is 0 Å². The number of benzene rings is 2. The summed E-state index contributed by atoms with van der Waals surface area (Å²) in [6.07, 6.45) is 3.93. The molecular weight excluding hydrogens is 324 g/mol. The molecule has 0 atom stereocenters. The average Bonchev–Trinajstić information content (AvgIpc) is 3.06. The summed E-state index contributed by atoms with van der Waals surface area (Å²) in [6, 6.07) is 14.8. The van der Waals surface area contributed by atoms with Crippen LogP contribution >= 0.6 is 0 Å². The van der Waals surface area contributed by atoms with E-state index in [2.05, 4.69) is 40.5 Å². The summed E-state index contributed by atoms with van der Waals surface area (Å²) < 4.78 is 5.53. The number of nitrogens with zero attached hydrogens (tertiary/aromatic N) is 1. The zero-order chi connectivity index (χ0) is 17.9. The van der Waals surface area contributed by atoms with Crippen molar-refractivity contribution in [2.45, 2.75) is 31.6 Å². The van der Waals surface area contributed by atoms with Crippen molar-refractivity contribution in [3.8, 4) is 5.75 Å². The normalized spacial score (nSPS) is 17.8. The Balaban J connectivity index is 1.31. The van der Waals surface area contributed by atoms with Crippen molar-refractivity contribution in [3.05, 3.63) is 59.2 Å². The molecule has 1 fully saturated rings. The number of piperidine rings is 1. The molecule has 0 aliphatic carbocycles. The maximum absolute atomic E-state index is 11.5. The molecule has 1 amide bonds. The second kappa shape index (κ2) is 7.50. The molecule has 0 spiro atoms. The van der Waals surface area contributed by atoms with Crippen LogP contribution in [-0.2, 0) is 17.6 Å². The van der Waals surface area contributed by atoms with Gasteiger partial charge in [-0.1, -0.05) is 30.3 Å². The Bertz CT molecular complexity index is 794. The van der Waals surface area contributed by atoms with Gasteiger partial charge in [-0.05, 0) is 67.1 Å². The predicted octanol–water partition coefficient (Wildman–Crippen LogP) is 3.61. The van der Waals surface area contributed by atoms with E-state index >= 15 is 0 Å². The molecule has 4 heteroatoms. The lowest BCUT2D eigenvalue weighted by atomic mass is 9.88. The van der Waals surface area contributed by atoms with Gasteiger partial charge in [-0.25, -0.2) is 0 Å². The topological polar surface area (TPSA) is 41.6 Å². The molecule has 4 nitrogen and oxygen atoms in total. The maximum Gasteiger partial charge on any atom is 0.228 e. The molecule has 2 aromatic carbocycles. The van der Waals surface area contributed by atoms with Gasteiger partial charge in [0, 0.05) is 12.2 Å². The van der Waals surface area contributed by atoms with Crippen LogP contribution in [0.3, 0.4) is 0 Å². The molecule has 4 rings (SSSR count). The third kappa shape index (κ3) is 3.61. The molecule has 0 saturated carbocycles. The summed E-state index contributed by atoms with van der Waals surface area (Å²) in [5.74, 6) is 1.72. The van der Waals surface area contributed by atoms with E-state index in [4.69, 9.17) is 4.74 Å². The number of ether oxygens (including phenoxy) is 1. The molecular formula is C22H26N2O2. The van der Waals surface area contributed by atoms with Gasteiger partial charge in [0.2, 0.25) is 5.91 Å². The first-order chi connectivity index (χ1) is 12.7. The first kappa shape index (κ1) is 17.1. The zero-order valence-corrected chi connectivity index (χ0v) is 15.3. The summed E-state index contributed by atoms with van der Waals surface area (Å²) in [7, 11) is 1.76. The molecule has 0 aromatic heterocycles. The van der Waals surface area contributed by atoms with Gasteiger partial charge in [-0.3, -0.25) is 4.79 Å². The van der Waals surface area contributed by atoms with Crippen molar-refractivity contribution in [1.82, 2.24) is 4.90 Å². The van der Waals surface area contributed by atoms with Crippen molar-refractivity contribution >= 4 is 11.6 Å². The highest BCUT2D eigenvalue weighted by Crippen LogP contribution is 2.34. The molecule has 1 N–H and O–H groups in total. The molecule has 2 aliphatic rings. The Hall–Kier alpha value is -2.33. The number of amides is 1. The van der Waals surface area contributed by atoms with E-state index in [1.807, 2.05) is 12.1 Å². The third-order valence-corrected chi connectivity index (χ3v) is 5.68. The van der Waals surface area contributed by atoms with Gasteiger partial charge in [0.05, 0.1) is 13.5 Å². The quantitative estimate of drug-likeness (QED) is 0.896. The number of carbonyl (C=O) groups excluding carboxylic acids is 1. The van der Waals surface area contributed by atoms with E-state index in [1.165, 1.54) is 24.0 Å². The Kier molecular flexibility index (Phi) is 4.93. The number of carbonyl (C=O) groups is 1. The largest absolute Gasteiger partial charge is 0.496 e. The number of likely N-dealkylation sites (tertiary alicyclic amines) is 1. The minimum Gasteiger partial charge on any atom is -0.496 e. The van der Waals surface area contributed by atoms with Crippen LogP contribution in [0.25, 0.3) is 0 Å². The van der Waals surface area contributed by atoms with Gasteiger partial charge in [-0.2, -0.15) is 0 Å². The lowest BCUT2D eigenvalue weighted by molar-refractivity contribution is -0.115. The minimum atomic E-state index is 0.107. The Labute approximate surface area is 155 Å². The molecule has 1 saturated heterocycles. The maximum atomic E-state index is 11.5. The Morgan fingerprint density at radius 3 is 2.77 bits per heavy atom. The number of hydrogen-bond donors (Lipinski definition) is 1. The van der Waals surface area contributed by atoms with Crippen LogP contribution in [0.1, 0.15) is 35.4 Å². The van der Waals surface area contributed by atoms with E-state index in [9.17, 15) is 4.79 Å². The van der Waals surface area contributed by atoms with Crippen LogP contribution in [-0.4, -0.2) is 37.6 Å². The third-order valence-electron chi connectivity index (χ3n) is 5.68. The average molecular weight is 350 g/mol. The number of nitrogens with one attached hydrogen (secondary N) is 1. The van der Waals surface area contributed by atoms with Crippen molar-refractivity contribution in [1.29, 1.82) is 0 Å². The van der Waals surface area contributed by atoms with E-state index in [0.29, 0.717) is 12.3 Å². The van der Waals surface area contributed by atoms with E-state index in [0.717, 1.165) is 43.1 Å². The van der Waals surface area contributed by atoms with Crippen molar-refractivity contribution in [2.24, 2.45) is 0 Å². The summed E-state index contributed by atoms with van der Waals surface area (Å²) in [5.41, 5.74) is 4.80. The second-order valence-electron chi connectivity index (χ2n) is 7.32. The number of anilines is 1. The molecule has 2 aliphatic heterocycles. The fourth-order valence-corrected chi connectivity index (χ4v) is 4.20. The van der Waals surface area contributed by atoms with Crippen LogP contribution in [0.5, 0.6) is 5.75 Å². The first-order valence-corrected chi connectivity index (χ1v) is 9.50. The molecule has 26 heavy (non-hydrogen) atoms. The lowest BCUT2D eigenvalue weighted by Gasteiger charge is -2.32. The van der Waals surface area contributed by atoms with Gasteiger partial charge in [0.15, 0.2) is 0 Å². The van der Waals surface area contributed by atoms with Crippen LogP contribution in [0.15, 0.2) is 42.5 Å². The summed E-state index contributed by atoms with van der Waals surface area (Å²) >= 11 is 0. The van der Waals surface area contributed by atoms with Gasteiger partial charge < -0.3 is 15.0 Å². The fourth-order valence-electron chi connectivity index (χ4n) is 4.20. The van der Waals surface area contributed by atoms with Crippen molar-refractivity contribution < 1.29 is 9.53 Å². The smallest absolute Gasteiger partial charge is 0.228 e. The van der Waals surface area contributed by atoms with Gasteiger partial charge in [-0.15, -0.1) is 0 Å². The van der Waals surface area contributed by atoms with Crippen LogP contribution in [0.2, 0.25) is 0 Å². The summed E-state index contributed by atoms with van der Waals surface area (Å²) in [4.78, 5) is 14.0. The predicted molar refractivity (Wildman–Crippen MR) is 104 cm³/mol. The fraction of sp³-hybridized carbons (Fsp3) is 0.409. The van der Waals surface area contributed by atoms with E-state index < -0.39 is 0 Å². The van der Waals surface area contributed by atoms with Crippen LogP contribution in [0.4, 0.5) is 5.69 Å². The number of methoxy groups -OCH3 is 1. The highest BCUT2D eigenvalue weighted by Gasteiger charge is 2.23. The SMILES string of the molecule is COc1ccccc1C1CCN(CCc2ccc3c(c2)CC(=O)N3)CC1. The lowest BCUT2D eigenvalue weighted by Crippen LogP contribution is -2.34. The van der Waals surface area contributed by atoms with Gasteiger partial charge in [0.1, 0.15) is 5.75 Å². The second-order valence-corrected chi connectivity index (χ2v) is 7.32. The van der Waals surface area contributed by atoms with Gasteiger partial charge in [0.25, 0.3) is 0 Å². The standard InChI is InChI=1S/C22H26N2O2/c1-26-21-5-3-2-4-19(21)17-9-12-24(13-10-17)11-8-16-6-7-20-18(14-16)15-22(25)23-20/h2-7,14,17H,8-13,15H2,1H3,(H,23,25).